The minimum absolute atomic E-state index is 0.0194. The second-order valence-electron chi connectivity index (χ2n) is 22.0. The van der Waals surface area contributed by atoms with E-state index in [9.17, 15) is 19.2 Å². The molecule has 0 aliphatic heterocycles. The second kappa shape index (κ2) is 35.5. The van der Waals surface area contributed by atoms with Gasteiger partial charge in [0.1, 0.15) is 0 Å². The van der Waals surface area contributed by atoms with Crippen molar-refractivity contribution in [3.8, 4) is 0 Å². The van der Waals surface area contributed by atoms with Gasteiger partial charge in [0, 0.05) is 71.2 Å². The number of rotatable bonds is 41. The number of anilines is 4. The maximum atomic E-state index is 14.1. The lowest BCUT2D eigenvalue weighted by Gasteiger charge is -2.44. The molecule has 0 aliphatic rings. The third-order valence-corrected chi connectivity index (χ3v) is 16.0. The van der Waals surface area contributed by atoms with Crippen LogP contribution in [-0.2, 0) is 0 Å². The van der Waals surface area contributed by atoms with Gasteiger partial charge < -0.3 is 41.7 Å². The van der Waals surface area contributed by atoms with Crippen LogP contribution in [0.5, 0.6) is 0 Å². The summed E-state index contributed by atoms with van der Waals surface area (Å²) in [6.07, 6.45) is 13.8. The van der Waals surface area contributed by atoms with E-state index in [1.807, 2.05) is 161 Å². The fraction of sp³-hybridized carbons (Fsp3) is 0.463. The molecule has 0 radical (unpaired) electrons. The molecule has 4 aromatic rings. The molecule has 454 valence electrons. The van der Waals surface area contributed by atoms with Crippen molar-refractivity contribution in [1.82, 2.24) is 19.6 Å². The van der Waals surface area contributed by atoms with E-state index in [1.165, 1.54) is 0 Å². The summed E-state index contributed by atoms with van der Waals surface area (Å²) >= 11 is 0. The van der Waals surface area contributed by atoms with Crippen LogP contribution in [0.1, 0.15) is 112 Å². The zero-order valence-electron chi connectivity index (χ0n) is 51.0. The van der Waals surface area contributed by atoms with E-state index in [1.54, 1.807) is 36.4 Å². The topological polar surface area (TPSA) is 210 Å². The van der Waals surface area contributed by atoms with E-state index in [4.69, 9.17) is 20.4 Å². The lowest BCUT2D eigenvalue weighted by molar-refractivity contribution is 0.0491. The predicted molar refractivity (Wildman–Crippen MR) is 343 cm³/mol. The fourth-order valence-electron chi connectivity index (χ4n) is 10.9. The van der Waals surface area contributed by atoms with Crippen molar-refractivity contribution < 1.29 is 39.6 Å². The highest BCUT2D eigenvalue weighted by atomic mass is 16.3. The standard InChI is InChI=1S/C35H52N4O4.C32H46N4O4/c1-7-20-34(38(3)4,32(42)28-12-16-30(17-13-28)36-24-26-40)22-10-9-11-23-35(21-8-2,39(5)6)33(43)29-14-18-31(19-15-29)37-25-27-41;1-7-17-31(35(3)4,29(39)25-9-13-27(14-10-25)33-21-23-37)19-20-32(18-8-2,36(5)6)30(40)26-11-15-28(16-12-26)34-22-24-38/h7-8,12-19,36-37,40-41H,1-2,9-11,20-27H2,3-6H3;7-16,33-34,37-38H,1-2,17-24H2,3-6H3. The van der Waals surface area contributed by atoms with Crippen LogP contribution in [0.25, 0.3) is 0 Å². The molecule has 0 bridgehead atoms. The van der Waals surface area contributed by atoms with Crippen LogP contribution in [-0.4, -0.2) is 194 Å². The number of ketones is 4. The smallest absolute Gasteiger partial charge is 0.183 e. The Morgan fingerprint density at radius 1 is 0.349 bits per heavy atom. The number of carbonyl (C=O) groups excluding carboxylic acids is 4. The molecule has 0 fully saturated rings. The molecular weight excluding hydrogens is 1040 g/mol. The van der Waals surface area contributed by atoms with E-state index in [-0.39, 0.29) is 49.6 Å². The molecule has 83 heavy (non-hydrogen) atoms. The molecule has 8 N–H and O–H groups in total. The Kier molecular flexibility index (Phi) is 30.2. The first-order valence-corrected chi connectivity index (χ1v) is 28.8. The van der Waals surface area contributed by atoms with Crippen molar-refractivity contribution >= 4 is 45.9 Å². The lowest BCUT2D eigenvalue weighted by Crippen LogP contribution is -2.56. The first-order chi connectivity index (χ1) is 39.7. The molecule has 0 heterocycles. The number of benzene rings is 4. The number of hydrogen-bond donors (Lipinski definition) is 8. The summed E-state index contributed by atoms with van der Waals surface area (Å²) in [5.74, 6) is 0.0493. The second-order valence-corrected chi connectivity index (χ2v) is 22.0. The van der Waals surface area contributed by atoms with Gasteiger partial charge in [0.05, 0.1) is 48.6 Å². The highest BCUT2D eigenvalue weighted by molar-refractivity contribution is 6.06. The van der Waals surface area contributed by atoms with Gasteiger partial charge in [-0.15, -0.1) is 26.3 Å². The first kappa shape index (κ1) is 70.7. The van der Waals surface area contributed by atoms with Gasteiger partial charge >= 0.3 is 0 Å². The summed E-state index contributed by atoms with van der Waals surface area (Å²) in [7, 11) is 15.4. The average molecular weight is 1140 g/mol. The fourth-order valence-corrected chi connectivity index (χ4v) is 10.9. The van der Waals surface area contributed by atoms with Crippen molar-refractivity contribution in [3.63, 3.8) is 0 Å². The number of likely N-dealkylation sites (N-methyl/N-ethyl adjacent to an activating group) is 4. The molecule has 0 saturated heterocycles. The molecule has 4 unspecified atom stereocenters. The molecule has 0 amide bonds. The Hall–Kier alpha value is -6.60. The van der Waals surface area contributed by atoms with E-state index in [2.05, 4.69) is 47.6 Å². The monoisotopic (exact) mass is 1140 g/mol. The Morgan fingerprint density at radius 3 is 0.711 bits per heavy atom. The van der Waals surface area contributed by atoms with Crippen molar-refractivity contribution in [2.24, 2.45) is 0 Å². The average Bonchev–Trinajstić information content (AvgIpc) is 3.68. The third kappa shape index (κ3) is 19.0. The molecule has 0 aliphatic carbocycles. The summed E-state index contributed by atoms with van der Waals surface area (Å²) < 4.78 is 0. The van der Waals surface area contributed by atoms with E-state index in [0.717, 1.165) is 42.0 Å². The highest BCUT2D eigenvalue weighted by Gasteiger charge is 2.47. The molecule has 4 rings (SSSR count). The largest absolute Gasteiger partial charge is 0.395 e. The Morgan fingerprint density at radius 2 is 0.542 bits per heavy atom. The highest BCUT2D eigenvalue weighted by Crippen LogP contribution is 2.38. The molecule has 0 saturated carbocycles. The first-order valence-electron chi connectivity index (χ1n) is 28.8. The van der Waals surface area contributed by atoms with Gasteiger partial charge in [0.2, 0.25) is 0 Å². The van der Waals surface area contributed by atoms with Crippen LogP contribution in [0.4, 0.5) is 22.7 Å². The molecule has 0 spiro atoms. The SMILES string of the molecule is C=CCC(CCC(CC=C)(C(=O)c1ccc(NCCO)cc1)N(C)C)(C(=O)c1ccc(NCCO)cc1)N(C)C.C=CCC(CCCCCC(CC=C)(C(=O)c1ccc(NCCO)cc1)N(C)C)(C(=O)c1ccc(NCCO)cc1)N(C)C. The van der Waals surface area contributed by atoms with E-state index < -0.39 is 22.2 Å². The van der Waals surface area contributed by atoms with Crippen molar-refractivity contribution in [3.05, 3.63) is 170 Å². The normalized spacial score (nSPS) is 14.2. The zero-order valence-corrected chi connectivity index (χ0v) is 51.0. The summed E-state index contributed by atoms with van der Waals surface area (Å²) in [5, 5.41) is 48.7. The minimum Gasteiger partial charge on any atom is -0.395 e. The summed E-state index contributed by atoms with van der Waals surface area (Å²) in [6, 6.07) is 29.4. The minimum atomic E-state index is -0.914. The lowest BCUT2D eigenvalue weighted by atomic mass is 9.73. The Balaban J connectivity index is 0.000000436. The summed E-state index contributed by atoms with van der Waals surface area (Å²) in [6.45, 7) is 17.7. The number of nitrogens with zero attached hydrogens (tertiary/aromatic N) is 4. The number of hydrogen-bond acceptors (Lipinski definition) is 16. The molecule has 0 aromatic heterocycles. The Labute approximate surface area is 496 Å². The summed E-state index contributed by atoms with van der Waals surface area (Å²) in [5.41, 5.74) is 2.53. The number of unbranched alkanes of at least 4 members (excludes halogenated alkanes) is 2. The van der Waals surface area contributed by atoms with Gasteiger partial charge in [0.15, 0.2) is 23.1 Å². The number of Topliss-reactive ketones (excluding diaryl/α,β-unsaturated/α-hetero) is 4. The van der Waals surface area contributed by atoms with Crippen LogP contribution in [0.2, 0.25) is 0 Å². The predicted octanol–water partition coefficient (Wildman–Crippen LogP) is 9.36. The van der Waals surface area contributed by atoms with Gasteiger partial charge in [0.25, 0.3) is 0 Å². The van der Waals surface area contributed by atoms with Crippen molar-refractivity contribution in [1.29, 1.82) is 0 Å². The maximum Gasteiger partial charge on any atom is 0.183 e. The van der Waals surface area contributed by atoms with Gasteiger partial charge in [-0.25, -0.2) is 0 Å². The van der Waals surface area contributed by atoms with Gasteiger partial charge in [-0.2, -0.15) is 0 Å². The Bertz CT molecular complexity index is 2460. The van der Waals surface area contributed by atoms with E-state index in [0.29, 0.717) is 99.8 Å². The third-order valence-electron chi connectivity index (χ3n) is 16.0. The van der Waals surface area contributed by atoms with Crippen LogP contribution >= 0.6 is 0 Å². The number of nitrogens with one attached hydrogen (secondary N) is 4. The van der Waals surface area contributed by atoms with Crippen LogP contribution in [0.3, 0.4) is 0 Å². The van der Waals surface area contributed by atoms with Crippen molar-refractivity contribution in [2.75, 3.05) is 130 Å². The molecular formula is C67H98N8O8. The van der Waals surface area contributed by atoms with Crippen molar-refractivity contribution in [2.45, 2.75) is 92.8 Å². The summed E-state index contributed by atoms with van der Waals surface area (Å²) in [4.78, 5) is 64.0. The molecule has 4 aromatic carbocycles. The maximum absolute atomic E-state index is 14.1. The van der Waals surface area contributed by atoms with Gasteiger partial charge in [-0.05, 0) is 205 Å². The van der Waals surface area contributed by atoms with Gasteiger partial charge in [-0.1, -0.05) is 43.6 Å². The molecule has 16 nitrogen and oxygen atoms in total. The number of aliphatic hydroxyl groups excluding tert-OH is 4. The van der Waals surface area contributed by atoms with E-state index >= 15 is 0 Å². The molecule has 16 heteroatoms. The quantitative estimate of drug-likeness (QED) is 0.0118. The van der Waals surface area contributed by atoms with Gasteiger partial charge in [-0.3, -0.25) is 38.8 Å². The number of carbonyl (C=O) groups is 4. The van der Waals surface area contributed by atoms with Crippen LogP contribution in [0.15, 0.2) is 148 Å². The zero-order chi connectivity index (χ0) is 61.6. The number of aliphatic hydroxyl groups is 4. The van der Waals surface area contributed by atoms with Crippen LogP contribution < -0.4 is 21.3 Å². The van der Waals surface area contributed by atoms with Crippen LogP contribution in [0, 0.1) is 0 Å². The molecule has 4 atom stereocenters.